The molecule has 0 aliphatic rings. The maximum atomic E-state index is 13.7. The predicted octanol–water partition coefficient (Wildman–Crippen LogP) is 5.11. The van der Waals surface area contributed by atoms with Crippen molar-refractivity contribution in [2.75, 3.05) is 19.6 Å². The molecule has 192 valence electrons. The van der Waals surface area contributed by atoms with Crippen molar-refractivity contribution < 1.29 is 23.0 Å². The first-order chi connectivity index (χ1) is 17.4. The van der Waals surface area contributed by atoms with E-state index in [0.29, 0.717) is 23.6 Å². The van der Waals surface area contributed by atoms with Gasteiger partial charge in [-0.15, -0.1) is 0 Å². The number of methoxy groups -OCH3 is 1. The highest BCUT2D eigenvalue weighted by Gasteiger charge is 2.24. The summed E-state index contributed by atoms with van der Waals surface area (Å²) in [6.45, 7) is 2.94. The lowest BCUT2D eigenvalue weighted by Crippen LogP contribution is -2.46. The van der Waals surface area contributed by atoms with Crippen molar-refractivity contribution in [1.82, 2.24) is 5.32 Å². The number of hydrogen-bond acceptors (Lipinski definition) is 6. The standard InChI is InChI=1S/C28H32F2N2O3S/c1-3-19-5-4-6-20(11-19)16-32-17-27(26(31)14-21-12-23(29)15-24(30)13-21)35-28(33)22-7-9-25(10-8-22)36-18-34-2/h4-13,15,26-27,32H,3,14,16-18,31H2,1-2H3/t26-,27+/m0/s1. The van der Waals surface area contributed by atoms with Crippen LogP contribution in [0.15, 0.2) is 71.6 Å². The molecule has 0 radical (unpaired) electrons. The minimum atomic E-state index is -0.722. The van der Waals surface area contributed by atoms with Crippen LogP contribution in [0.3, 0.4) is 0 Å². The molecular weight excluding hydrogens is 482 g/mol. The summed E-state index contributed by atoms with van der Waals surface area (Å²) >= 11 is 1.51. The molecule has 3 rings (SSSR count). The Labute approximate surface area is 215 Å². The molecule has 0 aliphatic carbocycles. The van der Waals surface area contributed by atoms with Gasteiger partial charge in [-0.3, -0.25) is 0 Å². The number of nitrogens with two attached hydrogens (primary N) is 1. The molecule has 3 aromatic rings. The quantitative estimate of drug-likeness (QED) is 0.188. The van der Waals surface area contributed by atoms with Gasteiger partial charge in [0.1, 0.15) is 17.7 Å². The highest BCUT2D eigenvalue weighted by atomic mass is 32.2. The topological polar surface area (TPSA) is 73.6 Å². The Morgan fingerprint density at radius 2 is 1.69 bits per heavy atom. The summed E-state index contributed by atoms with van der Waals surface area (Å²) < 4.78 is 38.2. The fourth-order valence-corrected chi connectivity index (χ4v) is 4.33. The number of hydrogen-bond donors (Lipinski definition) is 2. The third kappa shape index (κ3) is 8.71. The third-order valence-corrected chi connectivity index (χ3v) is 6.60. The van der Waals surface area contributed by atoms with Crippen LogP contribution in [-0.4, -0.2) is 37.7 Å². The van der Waals surface area contributed by atoms with Gasteiger partial charge in [0.15, 0.2) is 0 Å². The van der Waals surface area contributed by atoms with E-state index in [1.165, 1.54) is 29.5 Å². The van der Waals surface area contributed by atoms with Crippen LogP contribution >= 0.6 is 11.8 Å². The van der Waals surface area contributed by atoms with Crippen molar-refractivity contribution in [3.05, 3.63) is 101 Å². The fraction of sp³-hybridized carbons (Fsp3) is 0.321. The van der Waals surface area contributed by atoms with Crippen molar-refractivity contribution in [2.24, 2.45) is 5.73 Å². The van der Waals surface area contributed by atoms with Gasteiger partial charge in [-0.2, -0.15) is 0 Å². The highest BCUT2D eigenvalue weighted by molar-refractivity contribution is 7.99. The van der Waals surface area contributed by atoms with Gasteiger partial charge in [-0.25, -0.2) is 13.6 Å². The number of nitrogens with one attached hydrogen (secondary N) is 1. The molecular formula is C28H32F2N2O3S. The number of rotatable bonds is 13. The van der Waals surface area contributed by atoms with Crippen molar-refractivity contribution in [2.45, 2.75) is 43.4 Å². The van der Waals surface area contributed by atoms with Gasteiger partial charge >= 0.3 is 5.97 Å². The Bertz CT molecular complexity index is 1110. The van der Waals surface area contributed by atoms with Crippen molar-refractivity contribution in [3.8, 4) is 0 Å². The molecule has 5 nitrogen and oxygen atoms in total. The van der Waals surface area contributed by atoms with Gasteiger partial charge in [0, 0.05) is 37.2 Å². The second kappa shape index (κ2) is 14.1. The number of carbonyl (C=O) groups excluding carboxylic acids is 1. The van der Waals surface area contributed by atoms with Gasteiger partial charge in [-0.05, 0) is 65.9 Å². The number of halogens is 2. The molecule has 0 saturated carbocycles. The first kappa shape index (κ1) is 27.8. The number of ether oxygens (including phenoxy) is 2. The molecule has 0 saturated heterocycles. The summed E-state index contributed by atoms with van der Waals surface area (Å²) in [5, 5.41) is 3.31. The zero-order chi connectivity index (χ0) is 25.9. The minimum Gasteiger partial charge on any atom is -0.456 e. The molecule has 2 atom stereocenters. The minimum absolute atomic E-state index is 0.145. The molecule has 36 heavy (non-hydrogen) atoms. The lowest BCUT2D eigenvalue weighted by atomic mass is 10.0. The van der Waals surface area contributed by atoms with Crippen molar-refractivity contribution in [1.29, 1.82) is 0 Å². The maximum absolute atomic E-state index is 13.7. The van der Waals surface area contributed by atoms with Gasteiger partial charge in [0.2, 0.25) is 0 Å². The SMILES string of the molecule is CCc1cccc(CNC[C@@H](OC(=O)c2ccc(SCOC)cc2)[C@@H](N)Cc2cc(F)cc(F)c2)c1. The van der Waals surface area contributed by atoms with Crippen LogP contribution in [-0.2, 0) is 28.9 Å². The molecule has 0 amide bonds. The van der Waals surface area contributed by atoms with E-state index in [-0.39, 0.29) is 13.0 Å². The summed E-state index contributed by atoms with van der Waals surface area (Å²) in [6.07, 6.45) is 0.360. The molecule has 0 aliphatic heterocycles. The number of esters is 1. The molecule has 0 spiro atoms. The van der Waals surface area contributed by atoms with E-state index in [2.05, 4.69) is 24.4 Å². The van der Waals surface area contributed by atoms with E-state index in [0.717, 1.165) is 22.9 Å². The zero-order valence-corrected chi connectivity index (χ0v) is 21.3. The van der Waals surface area contributed by atoms with E-state index in [1.807, 2.05) is 24.3 Å². The zero-order valence-electron chi connectivity index (χ0n) is 20.5. The van der Waals surface area contributed by atoms with Crippen molar-refractivity contribution >= 4 is 17.7 Å². The number of carbonyl (C=O) groups is 1. The first-order valence-corrected chi connectivity index (χ1v) is 12.8. The van der Waals surface area contributed by atoms with Gasteiger partial charge in [0.25, 0.3) is 0 Å². The largest absolute Gasteiger partial charge is 0.456 e. The summed E-state index contributed by atoms with van der Waals surface area (Å²) in [7, 11) is 1.62. The summed E-state index contributed by atoms with van der Waals surface area (Å²) in [5.74, 6) is -1.36. The lowest BCUT2D eigenvalue weighted by Gasteiger charge is -2.25. The van der Waals surface area contributed by atoms with E-state index >= 15 is 0 Å². The number of aryl methyl sites for hydroxylation is 1. The van der Waals surface area contributed by atoms with E-state index in [4.69, 9.17) is 15.2 Å². The van der Waals surface area contributed by atoms with Gasteiger partial charge in [0.05, 0.1) is 11.5 Å². The average molecular weight is 515 g/mol. The monoisotopic (exact) mass is 514 g/mol. The van der Waals surface area contributed by atoms with Crippen LogP contribution in [0.2, 0.25) is 0 Å². The van der Waals surface area contributed by atoms with Crippen molar-refractivity contribution in [3.63, 3.8) is 0 Å². The van der Waals surface area contributed by atoms with E-state index in [9.17, 15) is 13.6 Å². The Morgan fingerprint density at radius 1 is 1.00 bits per heavy atom. The summed E-state index contributed by atoms with van der Waals surface area (Å²) in [5.41, 5.74) is 9.52. The molecule has 3 aromatic carbocycles. The molecule has 8 heteroatoms. The van der Waals surface area contributed by atoms with Crippen LogP contribution in [0.5, 0.6) is 0 Å². The summed E-state index contributed by atoms with van der Waals surface area (Å²) in [4.78, 5) is 13.9. The average Bonchev–Trinajstić information content (AvgIpc) is 2.86. The smallest absolute Gasteiger partial charge is 0.338 e. The lowest BCUT2D eigenvalue weighted by molar-refractivity contribution is 0.0238. The second-order valence-corrected chi connectivity index (χ2v) is 9.46. The number of thioether (sulfide) groups is 1. The number of benzene rings is 3. The normalized spacial score (nSPS) is 12.8. The Balaban J connectivity index is 1.69. The third-order valence-electron chi connectivity index (χ3n) is 5.64. The predicted molar refractivity (Wildman–Crippen MR) is 139 cm³/mol. The Kier molecular flexibility index (Phi) is 10.9. The van der Waals surface area contributed by atoms with Gasteiger partial charge < -0.3 is 20.5 Å². The molecule has 0 heterocycles. The first-order valence-electron chi connectivity index (χ1n) is 11.8. The van der Waals surface area contributed by atoms with Crippen LogP contribution < -0.4 is 11.1 Å². The van der Waals surface area contributed by atoms with E-state index < -0.39 is 29.7 Å². The Morgan fingerprint density at radius 3 is 2.36 bits per heavy atom. The fourth-order valence-electron chi connectivity index (χ4n) is 3.75. The molecule has 0 aromatic heterocycles. The molecule has 0 fully saturated rings. The molecule has 0 unspecified atom stereocenters. The molecule has 3 N–H and O–H groups in total. The van der Waals surface area contributed by atoms with Crippen LogP contribution in [0.1, 0.15) is 34.0 Å². The van der Waals surface area contributed by atoms with Crippen LogP contribution in [0.25, 0.3) is 0 Å². The maximum Gasteiger partial charge on any atom is 0.338 e. The van der Waals surface area contributed by atoms with Gasteiger partial charge in [-0.1, -0.05) is 43.0 Å². The highest BCUT2D eigenvalue weighted by Crippen LogP contribution is 2.19. The van der Waals surface area contributed by atoms with E-state index in [1.54, 1.807) is 19.2 Å². The molecule has 0 bridgehead atoms. The Hall–Kier alpha value is -2.78. The van der Waals surface area contributed by atoms with Crippen LogP contribution in [0, 0.1) is 11.6 Å². The van der Waals surface area contributed by atoms with Crippen LogP contribution in [0.4, 0.5) is 8.78 Å². The summed E-state index contributed by atoms with van der Waals surface area (Å²) in [6, 6.07) is 17.8. The second-order valence-electron chi connectivity index (χ2n) is 8.47.